The number of carbonyl (C=O) groups excluding carboxylic acids is 2. The van der Waals surface area contributed by atoms with Crippen molar-refractivity contribution in [2.75, 3.05) is 24.2 Å². The van der Waals surface area contributed by atoms with Crippen molar-refractivity contribution in [2.45, 2.75) is 12.6 Å². The number of hydrogen-bond donors (Lipinski definition) is 2. The molecular formula is C22H22F3N3O4S. The van der Waals surface area contributed by atoms with Crippen LogP contribution in [-0.4, -0.2) is 39.6 Å². The van der Waals surface area contributed by atoms with Crippen LogP contribution in [0.3, 0.4) is 0 Å². The van der Waals surface area contributed by atoms with Gasteiger partial charge >= 0.3 is 6.18 Å². The maximum Gasteiger partial charge on any atom is 0.416 e. The molecule has 3 rings (SSSR count). The molecule has 33 heavy (non-hydrogen) atoms. The predicted molar refractivity (Wildman–Crippen MR) is 118 cm³/mol. The normalized spacial score (nSPS) is 16.0. The zero-order valence-corrected chi connectivity index (χ0v) is 18.5. The smallest absolute Gasteiger partial charge is 0.352 e. The minimum Gasteiger partial charge on any atom is -0.352 e. The summed E-state index contributed by atoms with van der Waals surface area (Å²) in [7, 11) is -3.81. The van der Waals surface area contributed by atoms with Gasteiger partial charge in [0.25, 0.3) is 5.91 Å². The summed E-state index contributed by atoms with van der Waals surface area (Å²) in [6.07, 6.45) is -2.15. The number of nitrogens with one attached hydrogen (secondary N) is 2. The van der Waals surface area contributed by atoms with Crippen LogP contribution in [0.5, 0.6) is 0 Å². The van der Waals surface area contributed by atoms with E-state index in [1.165, 1.54) is 18.2 Å². The van der Waals surface area contributed by atoms with Crippen LogP contribution >= 0.6 is 0 Å². The molecule has 0 bridgehead atoms. The molecule has 0 fully saturated rings. The van der Waals surface area contributed by atoms with Gasteiger partial charge in [-0.15, -0.1) is 0 Å². The average Bonchev–Trinajstić information content (AvgIpc) is 2.74. The monoisotopic (exact) mass is 481 g/mol. The van der Waals surface area contributed by atoms with Crippen molar-refractivity contribution in [3.63, 3.8) is 0 Å². The van der Waals surface area contributed by atoms with Gasteiger partial charge in [-0.1, -0.05) is 12.6 Å². The highest BCUT2D eigenvalue weighted by molar-refractivity contribution is 7.89. The van der Waals surface area contributed by atoms with E-state index in [0.717, 1.165) is 24.5 Å². The van der Waals surface area contributed by atoms with Crippen LogP contribution in [0.15, 0.2) is 55.1 Å². The van der Waals surface area contributed by atoms with Crippen molar-refractivity contribution in [1.29, 1.82) is 0 Å². The fourth-order valence-corrected chi connectivity index (χ4v) is 4.16. The molecule has 2 aromatic carbocycles. The van der Waals surface area contributed by atoms with Crippen molar-refractivity contribution in [3.8, 4) is 0 Å². The molecular weight excluding hydrogens is 459 g/mol. The molecule has 176 valence electrons. The van der Waals surface area contributed by atoms with Crippen LogP contribution in [0, 0.1) is 5.92 Å². The highest BCUT2D eigenvalue weighted by Gasteiger charge is 2.32. The van der Waals surface area contributed by atoms with Crippen molar-refractivity contribution in [1.82, 2.24) is 10.0 Å². The number of fused-ring (bicyclic) bond motifs is 1. The minimum absolute atomic E-state index is 0.134. The summed E-state index contributed by atoms with van der Waals surface area (Å²) in [4.78, 5) is 26.0. The standard InChI is InChI=1S/C22H22F3N3O4S/c1-3-20(29)26-12-14-11-18-17(21(30)27-33(2,31)32)5-4-6-19(18)28(13-14)16-9-7-15(8-10-16)22(23,24)25/h3-10,14H,1,11-13H2,2H3,(H,26,29)(H,27,30)/t14-/m0/s1. The molecule has 2 aromatic rings. The van der Waals surface area contributed by atoms with Crippen LogP contribution in [0.2, 0.25) is 0 Å². The highest BCUT2D eigenvalue weighted by atomic mass is 32.2. The fourth-order valence-electron chi connectivity index (χ4n) is 3.72. The summed E-state index contributed by atoms with van der Waals surface area (Å²) in [5, 5.41) is 2.69. The van der Waals surface area contributed by atoms with E-state index in [1.54, 1.807) is 17.0 Å². The Hall–Kier alpha value is -3.34. The van der Waals surface area contributed by atoms with Gasteiger partial charge in [0.2, 0.25) is 15.9 Å². The Morgan fingerprint density at radius 3 is 2.42 bits per heavy atom. The quantitative estimate of drug-likeness (QED) is 0.619. The average molecular weight is 481 g/mol. The molecule has 0 spiro atoms. The van der Waals surface area contributed by atoms with Crippen LogP contribution in [-0.2, 0) is 27.4 Å². The molecule has 0 saturated carbocycles. The largest absolute Gasteiger partial charge is 0.416 e. The molecule has 2 N–H and O–H groups in total. The fraction of sp³-hybridized carbons (Fsp3) is 0.273. The topological polar surface area (TPSA) is 95.6 Å². The van der Waals surface area contributed by atoms with Crippen molar-refractivity contribution >= 4 is 33.2 Å². The Kier molecular flexibility index (Phi) is 6.82. The first-order valence-electron chi connectivity index (χ1n) is 9.88. The van der Waals surface area contributed by atoms with E-state index < -0.39 is 27.7 Å². The first-order chi connectivity index (χ1) is 15.4. The van der Waals surface area contributed by atoms with Crippen molar-refractivity contribution < 1.29 is 31.2 Å². The molecule has 1 heterocycles. The second kappa shape index (κ2) is 9.26. The van der Waals surface area contributed by atoms with Crippen LogP contribution in [0.4, 0.5) is 24.5 Å². The van der Waals surface area contributed by atoms with Gasteiger partial charge in [-0.2, -0.15) is 13.2 Å². The molecule has 0 unspecified atom stereocenters. The van der Waals surface area contributed by atoms with E-state index in [-0.39, 0.29) is 23.9 Å². The van der Waals surface area contributed by atoms with E-state index in [0.29, 0.717) is 29.9 Å². The number of anilines is 2. The number of amides is 2. The van der Waals surface area contributed by atoms with E-state index >= 15 is 0 Å². The zero-order valence-electron chi connectivity index (χ0n) is 17.6. The van der Waals surface area contributed by atoms with Gasteiger partial charge in [0.05, 0.1) is 11.8 Å². The van der Waals surface area contributed by atoms with Gasteiger partial charge in [0.1, 0.15) is 0 Å². The molecule has 0 aromatic heterocycles. The number of sulfonamides is 1. The van der Waals surface area contributed by atoms with Crippen molar-refractivity contribution in [3.05, 3.63) is 71.8 Å². The van der Waals surface area contributed by atoms with E-state index in [4.69, 9.17) is 0 Å². The number of rotatable bonds is 6. The number of hydrogen-bond acceptors (Lipinski definition) is 5. The van der Waals surface area contributed by atoms with Crippen LogP contribution in [0.1, 0.15) is 21.5 Å². The Bertz CT molecular complexity index is 1180. The Balaban J connectivity index is 2.03. The third-order valence-electron chi connectivity index (χ3n) is 5.16. The predicted octanol–water partition coefficient (Wildman–Crippen LogP) is 3.01. The van der Waals surface area contributed by atoms with Gasteiger partial charge in [-0.05, 0) is 60.4 Å². The van der Waals surface area contributed by atoms with E-state index in [2.05, 4.69) is 11.9 Å². The number of nitrogens with zero attached hydrogens (tertiary/aromatic N) is 1. The molecule has 1 aliphatic heterocycles. The van der Waals surface area contributed by atoms with E-state index in [9.17, 15) is 31.2 Å². The lowest BCUT2D eigenvalue weighted by Gasteiger charge is -2.37. The lowest BCUT2D eigenvalue weighted by atomic mass is 9.88. The molecule has 0 aliphatic carbocycles. The molecule has 0 saturated heterocycles. The molecule has 11 heteroatoms. The van der Waals surface area contributed by atoms with Gasteiger partial charge < -0.3 is 10.2 Å². The lowest BCUT2D eigenvalue weighted by molar-refractivity contribution is -0.137. The SMILES string of the molecule is C=CC(=O)NC[C@@H]1Cc2c(C(=O)NS(C)(=O)=O)cccc2N(c2ccc(C(F)(F)F)cc2)C1. The second-order valence-electron chi connectivity index (χ2n) is 7.68. The number of alkyl halides is 3. The summed E-state index contributed by atoms with van der Waals surface area (Å²) >= 11 is 0. The molecule has 2 amide bonds. The van der Waals surface area contributed by atoms with Gasteiger partial charge in [-0.3, -0.25) is 9.59 Å². The van der Waals surface area contributed by atoms with Gasteiger partial charge in [-0.25, -0.2) is 13.1 Å². The van der Waals surface area contributed by atoms with Gasteiger partial charge in [0.15, 0.2) is 0 Å². The highest BCUT2D eigenvalue weighted by Crippen LogP contribution is 2.38. The molecule has 1 aliphatic rings. The molecule has 7 nitrogen and oxygen atoms in total. The first-order valence-corrected chi connectivity index (χ1v) is 11.8. The summed E-state index contributed by atoms with van der Waals surface area (Å²) in [5.74, 6) is -1.40. The van der Waals surface area contributed by atoms with Crippen molar-refractivity contribution in [2.24, 2.45) is 5.92 Å². The maximum absolute atomic E-state index is 13.0. The Labute approximate surface area is 189 Å². The summed E-state index contributed by atoms with van der Waals surface area (Å²) < 4.78 is 64.1. The molecule has 1 atom stereocenters. The summed E-state index contributed by atoms with van der Waals surface area (Å²) in [5.41, 5.74) is 0.906. The summed E-state index contributed by atoms with van der Waals surface area (Å²) in [6, 6.07) is 9.38. The second-order valence-corrected chi connectivity index (χ2v) is 9.43. The maximum atomic E-state index is 13.0. The van der Waals surface area contributed by atoms with Gasteiger partial charge in [0, 0.05) is 30.0 Å². The Morgan fingerprint density at radius 1 is 1.18 bits per heavy atom. The number of benzene rings is 2. The van der Waals surface area contributed by atoms with Crippen LogP contribution in [0.25, 0.3) is 0 Å². The minimum atomic E-state index is -4.48. The summed E-state index contributed by atoms with van der Waals surface area (Å²) in [6.45, 7) is 3.98. The third kappa shape index (κ3) is 5.92. The van der Waals surface area contributed by atoms with Crippen LogP contribution < -0.4 is 14.9 Å². The zero-order chi connectivity index (χ0) is 24.4. The third-order valence-corrected chi connectivity index (χ3v) is 5.71. The first kappa shape index (κ1) is 24.3. The number of halogens is 3. The number of carbonyl (C=O) groups is 2. The Morgan fingerprint density at radius 2 is 1.85 bits per heavy atom. The molecule has 0 radical (unpaired) electrons. The lowest BCUT2D eigenvalue weighted by Crippen LogP contribution is -2.40. The van der Waals surface area contributed by atoms with E-state index in [1.807, 2.05) is 4.72 Å².